The van der Waals surface area contributed by atoms with Crippen LogP contribution < -0.4 is 10.2 Å². The van der Waals surface area contributed by atoms with E-state index in [-0.39, 0.29) is 18.2 Å². The van der Waals surface area contributed by atoms with Gasteiger partial charge in [0.2, 0.25) is 0 Å². The Kier molecular flexibility index (Phi) is 5.30. The number of amides is 1. The molecule has 35 heavy (non-hydrogen) atoms. The van der Waals surface area contributed by atoms with E-state index in [0.717, 1.165) is 71.7 Å². The summed E-state index contributed by atoms with van der Waals surface area (Å²) in [5.41, 5.74) is 4.23. The highest BCUT2D eigenvalue weighted by molar-refractivity contribution is 5.95. The Morgan fingerprint density at radius 3 is 2.71 bits per heavy atom. The van der Waals surface area contributed by atoms with Gasteiger partial charge in [-0.05, 0) is 73.8 Å². The second kappa shape index (κ2) is 8.39. The fourth-order valence-electron chi connectivity index (χ4n) is 5.63. The molecular weight excluding hydrogens is 450 g/mol. The highest BCUT2D eigenvalue weighted by Crippen LogP contribution is 2.46. The maximum absolute atomic E-state index is 13.8. The molecule has 0 radical (unpaired) electrons. The van der Waals surface area contributed by atoms with Crippen molar-refractivity contribution in [2.45, 2.75) is 52.1 Å². The topological polar surface area (TPSA) is 75.9 Å². The zero-order valence-corrected chi connectivity index (χ0v) is 19.8. The van der Waals surface area contributed by atoms with Gasteiger partial charge in [-0.2, -0.15) is 5.10 Å². The fraction of sp³-hybridized carbons (Fsp3) is 0.462. The average Bonchev–Trinajstić information content (AvgIpc) is 3.19. The number of aryl methyl sites for hydroxylation is 2. The second-order valence-electron chi connectivity index (χ2n) is 10.0. The van der Waals surface area contributed by atoms with Gasteiger partial charge in [0.1, 0.15) is 11.5 Å². The van der Waals surface area contributed by atoms with E-state index < -0.39 is 18.0 Å². The molecule has 0 bridgehead atoms. The molecule has 3 aromatic heterocycles. The number of hydrogen-bond acceptors (Lipinski definition) is 5. The third kappa shape index (κ3) is 4.06. The lowest BCUT2D eigenvalue weighted by Gasteiger charge is -2.20. The Bertz CT molecular complexity index is 1290. The molecule has 1 saturated heterocycles. The van der Waals surface area contributed by atoms with Crippen molar-refractivity contribution in [3.05, 3.63) is 69.9 Å². The summed E-state index contributed by atoms with van der Waals surface area (Å²) in [6.07, 6.45) is 3.16. The van der Waals surface area contributed by atoms with Gasteiger partial charge < -0.3 is 10.2 Å². The number of carbonyl (C=O) groups excluding carboxylic acids is 1. The second-order valence-corrected chi connectivity index (χ2v) is 10.0. The number of pyridine rings is 2. The Morgan fingerprint density at radius 2 is 1.97 bits per heavy atom. The number of piperidine rings is 1. The molecule has 3 atom stereocenters. The molecule has 1 N–H and O–H groups in total. The number of anilines is 1. The van der Waals surface area contributed by atoms with Crippen molar-refractivity contribution in [1.82, 2.24) is 25.1 Å². The van der Waals surface area contributed by atoms with Crippen LogP contribution in [-0.2, 0) is 13.0 Å². The predicted octanol–water partition coefficient (Wildman–Crippen LogP) is 4.15. The lowest BCUT2D eigenvalue weighted by molar-refractivity contribution is 0.0922. The van der Waals surface area contributed by atoms with E-state index in [1.807, 2.05) is 32.0 Å². The molecular formula is C26H28F2N6O. The quantitative estimate of drug-likeness (QED) is 0.576. The third-order valence-corrected chi connectivity index (χ3v) is 7.73. The number of nitrogens with one attached hydrogen (secondary N) is 1. The summed E-state index contributed by atoms with van der Waals surface area (Å²) in [4.78, 5) is 24.4. The minimum Gasteiger partial charge on any atom is -0.356 e. The van der Waals surface area contributed by atoms with E-state index in [2.05, 4.69) is 20.3 Å². The van der Waals surface area contributed by atoms with Crippen LogP contribution in [0.5, 0.6) is 0 Å². The van der Waals surface area contributed by atoms with Crippen molar-refractivity contribution in [3.8, 4) is 0 Å². The fourth-order valence-corrected chi connectivity index (χ4v) is 5.63. The number of aromatic nitrogens is 4. The van der Waals surface area contributed by atoms with Gasteiger partial charge >= 0.3 is 0 Å². The van der Waals surface area contributed by atoms with Crippen LogP contribution in [0.3, 0.4) is 0 Å². The number of fused-ring (bicyclic) bond motifs is 2. The molecule has 182 valence electrons. The van der Waals surface area contributed by atoms with Crippen molar-refractivity contribution >= 4 is 11.7 Å². The Hall–Kier alpha value is -3.36. The monoisotopic (exact) mass is 478 g/mol. The number of halogens is 2. The molecule has 2 unspecified atom stereocenters. The lowest BCUT2D eigenvalue weighted by atomic mass is 10.1. The Labute approximate surface area is 202 Å². The molecule has 6 rings (SSSR count). The summed E-state index contributed by atoms with van der Waals surface area (Å²) in [7, 11) is 0. The van der Waals surface area contributed by atoms with Crippen molar-refractivity contribution in [3.63, 3.8) is 0 Å². The zero-order valence-electron chi connectivity index (χ0n) is 19.8. The molecule has 0 spiro atoms. The maximum Gasteiger partial charge on any atom is 0.282 e. The minimum absolute atomic E-state index is 0.0854. The molecule has 0 aromatic carbocycles. The standard InChI is InChI=1S/C26H28F2N6O/c1-14-16(3-6-23(30-14)33-10-17-9-18(17)11-33)12-34-13-21(24(32-34)25(27)28)26(35)31-22-5-4-19-15(2)29-8-7-20(19)22/h3,6-8,13,17-18,22,25H,4-5,9-12H2,1-2H3,(H,31,35)/t17?,18?,22-/m1/s1. The predicted molar refractivity (Wildman–Crippen MR) is 127 cm³/mol. The maximum atomic E-state index is 13.8. The molecule has 4 heterocycles. The summed E-state index contributed by atoms with van der Waals surface area (Å²) in [5.74, 6) is 2.07. The van der Waals surface area contributed by atoms with Crippen LogP contribution in [-0.4, -0.2) is 38.7 Å². The van der Waals surface area contributed by atoms with Crippen LogP contribution in [0.1, 0.15) is 69.4 Å². The van der Waals surface area contributed by atoms with E-state index in [1.54, 1.807) is 6.20 Å². The summed E-state index contributed by atoms with van der Waals surface area (Å²) < 4.78 is 29.0. The van der Waals surface area contributed by atoms with Gasteiger partial charge in [0.25, 0.3) is 12.3 Å². The molecule has 9 heteroatoms. The van der Waals surface area contributed by atoms with Crippen molar-refractivity contribution in [2.24, 2.45) is 11.8 Å². The Morgan fingerprint density at radius 1 is 1.17 bits per heavy atom. The van der Waals surface area contributed by atoms with Gasteiger partial charge in [0.15, 0.2) is 0 Å². The minimum atomic E-state index is -2.84. The number of hydrogen-bond donors (Lipinski definition) is 1. The number of carbonyl (C=O) groups is 1. The molecule has 7 nitrogen and oxygen atoms in total. The molecule has 3 aliphatic rings. The first-order valence-corrected chi connectivity index (χ1v) is 12.2. The van der Waals surface area contributed by atoms with Crippen molar-refractivity contribution in [2.75, 3.05) is 18.0 Å². The van der Waals surface area contributed by atoms with E-state index in [0.29, 0.717) is 0 Å². The van der Waals surface area contributed by atoms with Gasteiger partial charge in [0, 0.05) is 36.9 Å². The highest BCUT2D eigenvalue weighted by Gasteiger charge is 2.45. The molecule has 2 aliphatic carbocycles. The van der Waals surface area contributed by atoms with E-state index in [9.17, 15) is 13.6 Å². The van der Waals surface area contributed by atoms with Crippen LogP contribution >= 0.6 is 0 Å². The van der Waals surface area contributed by atoms with Gasteiger partial charge in [-0.3, -0.25) is 14.5 Å². The summed E-state index contributed by atoms with van der Waals surface area (Å²) in [6, 6.07) is 5.65. The lowest BCUT2D eigenvalue weighted by Crippen LogP contribution is -2.27. The van der Waals surface area contributed by atoms with Gasteiger partial charge in [-0.25, -0.2) is 13.8 Å². The summed E-state index contributed by atoms with van der Waals surface area (Å²) in [6.45, 7) is 6.27. The van der Waals surface area contributed by atoms with Gasteiger partial charge in [0.05, 0.1) is 18.2 Å². The van der Waals surface area contributed by atoms with E-state index in [1.165, 1.54) is 17.3 Å². The summed E-state index contributed by atoms with van der Waals surface area (Å²) in [5, 5.41) is 7.01. The van der Waals surface area contributed by atoms with Crippen LogP contribution in [0, 0.1) is 25.7 Å². The van der Waals surface area contributed by atoms with Crippen molar-refractivity contribution in [1.29, 1.82) is 0 Å². The smallest absolute Gasteiger partial charge is 0.282 e. The Balaban J connectivity index is 1.20. The zero-order chi connectivity index (χ0) is 24.3. The van der Waals surface area contributed by atoms with Crippen LogP contribution in [0.15, 0.2) is 30.6 Å². The van der Waals surface area contributed by atoms with Crippen LogP contribution in [0.2, 0.25) is 0 Å². The van der Waals surface area contributed by atoms with E-state index in [4.69, 9.17) is 4.98 Å². The SMILES string of the molecule is Cc1nc(N2CC3CC3C2)ccc1Cn1cc(C(=O)N[C@@H]2CCc3c2ccnc3C)c(C(F)F)n1. The first-order valence-electron chi connectivity index (χ1n) is 12.2. The summed E-state index contributed by atoms with van der Waals surface area (Å²) >= 11 is 0. The van der Waals surface area contributed by atoms with Crippen LogP contribution in [0.25, 0.3) is 0 Å². The molecule has 2 fully saturated rings. The van der Waals surface area contributed by atoms with E-state index >= 15 is 0 Å². The molecule has 1 amide bonds. The highest BCUT2D eigenvalue weighted by atomic mass is 19.3. The van der Waals surface area contributed by atoms with Gasteiger partial charge in [-0.15, -0.1) is 0 Å². The molecule has 1 aliphatic heterocycles. The average molecular weight is 479 g/mol. The number of rotatable bonds is 6. The first-order chi connectivity index (χ1) is 16.9. The number of nitrogens with zero attached hydrogens (tertiary/aromatic N) is 5. The van der Waals surface area contributed by atoms with Gasteiger partial charge in [-0.1, -0.05) is 6.07 Å². The number of alkyl halides is 2. The molecule has 3 aromatic rings. The first kappa shape index (κ1) is 22.1. The van der Waals surface area contributed by atoms with Crippen molar-refractivity contribution < 1.29 is 13.6 Å². The normalized spacial score (nSPS) is 22.4. The largest absolute Gasteiger partial charge is 0.356 e. The van der Waals surface area contributed by atoms with Crippen LogP contribution in [0.4, 0.5) is 14.6 Å². The third-order valence-electron chi connectivity index (χ3n) is 7.73. The molecule has 1 saturated carbocycles.